The molecule has 0 fully saturated rings. The maximum Gasteiger partial charge on any atom is 0.244 e. The molecule has 33 heavy (non-hydrogen) atoms. The van der Waals surface area contributed by atoms with Crippen LogP contribution in [0.4, 0.5) is 5.69 Å². The predicted octanol–water partition coefficient (Wildman–Crippen LogP) is 3.60. The minimum absolute atomic E-state index is 0.171. The van der Waals surface area contributed by atoms with Gasteiger partial charge in [0.25, 0.3) is 0 Å². The van der Waals surface area contributed by atoms with Crippen LogP contribution < -0.4 is 9.62 Å². The number of anilines is 1. The zero-order valence-corrected chi connectivity index (χ0v) is 21.3. The molecule has 0 heterocycles. The monoisotopic (exact) mass is 493 g/mol. The summed E-state index contributed by atoms with van der Waals surface area (Å²) in [5, 5.41) is 3.21. The first kappa shape index (κ1) is 26.7. The summed E-state index contributed by atoms with van der Waals surface area (Å²) >= 11 is 6.04. The Morgan fingerprint density at radius 2 is 1.73 bits per heavy atom. The second-order valence-corrected chi connectivity index (χ2v) is 10.9. The van der Waals surface area contributed by atoms with E-state index in [4.69, 9.17) is 11.6 Å². The molecule has 0 aliphatic rings. The van der Waals surface area contributed by atoms with Crippen LogP contribution in [-0.4, -0.2) is 50.5 Å². The van der Waals surface area contributed by atoms with Crippen molar-refractivity contribution in [1.29, 1.82) is 0 Å². The van der Waals surface area contributed by atoms with E-state index in [-0.39, 0.29) is 24.1 Å². The summed E-state index contributed by atoms with van der Waals surface area (Å²) in [5.41, 5.74) is 2.15. The molecule has 0 saturated heterocycles. The Kier molecular flexibility index (Phi) is 9.31. The average molecular weight is 494 g/mol. The molecule has 0 radical (unpaired) electrons. The molecule has 0 aliphatic carbocycles. The third-order valence-corrected chi connectivity index (χ3v) is 6.44. The number of hydrogen-bond acceptors (Lipinski definition) is 4. The molecule has 1 atom stereocenters. The summed E-state index contributed by atoms with van der Waals surface area (Å²) in [4.78, 5) is 27.6. The summed E-state index contributed by atoms with van der Waals surface area (Å²) in [5.74, 6) is -0.530. The molecule has 2 rings (SSSR count). The van der Waals surface area contributed by atoms with Gasteiger partial charge in [-0.3, -0.25) is 13.9 Å². The fourth-order valence-electron chi connectivity index (χ4n) is 3.29. The molecule has 2 aromatic carbocycles. The van der Waals surface area contributed by atoms with Gasteiger partial charge in [-0.1, -0.05) is 61.3 Å². The number of hydrogen-bond donors (Lipinski definition) is 1. The maximum atomic E-state index is 13.4. The fourth-order valence-corrected chi connectivity index (χ4v) is 4.31. The Hall–Kier alpha value is -2.58. The van der Waals surface area contributed by atoms with E-state index in [1.165, 1.54) is 11.0 Å². The van der Waals surface area contributed by atoms with E-state index in [9.17, 15) is 18.0 Å². The van der Waals surface area contributed by atoms with Crippen LogP contribution in [0.3, 0.4) is 0 Å². The van der Waals surface area contributed by atoms with Crippen molar-refractivity contribution in [1.82, 2.24) is 10.2 Å². The lowest BCUT2D eigenvalue weighted by molar-refractivity contribution is -0.139. The van der Waals surface area contributed by atoms with Gasteiger partial charge in [-0.25, -0.2) is 8.42 Å². The van der Waals surface area contributed by atoms with E-state index in [2.05, 4.69) is 5.32 Å². The van der Waals surface area contributed by atoms with Gasteiger partial charge in [-0.2, -0.15) is 0 Å². The van der Waals surface area contributed by atoms with Gasteiger partial charge in [0, 0.05) is 18.1 Å². The van der Waals surface area contributed by atoms with E-state index in [1.54, 1.807) is 25.1 Å². The molecule has 0 spiro atoms. The largest absolute Gasteiger partial charge is 0.354 e. The second kappa shape index (κ2) is 11.5. The highest BCUT2D eigenvalue weighted by molar-refractivity contribution is 7.92. The molecule has 1 N–H and O–H groups in total. The number of sulfonamides is 1. The number of aryl methyl sites for hydroxylation is 1. The lowest BCUT2D eigenvalue weighted by Gasteiger charge is -2.31. The molecule has 180 valence electrons. The van der Waals surface area contributed by atoms with Crippen LogP contribution in [0.1, 0.15) is 31.9 Å². The summed E-state index contributed by atoms with van der Waals surface area (Å²) in [6, 6.07) is 13.1. The zero-order valence-electron chi connectivity index (χ0n) is 19.7. The number of carbonyl (C=O) groups excluding carboxylic acids is 2. The Bertz CT molecular complexity index is 1090. The number of benzene rings is 2. The third kappa shape index (κ3) is 8.05. The van der Waals surface area contributed by atoms with Crippen molar-refractivity contribution in [3.05, 3.63) is 64.7 Å². The van der Waals surface area contributed by atoms with Crippen molar-refractivity contribution in [2.24, 2.45) is 5.92 Å². The van der Waals surface area contributed by atoms with Crippen LogP contribution in [0.5, 0.6) is 0 Å². The van der Waals surface area contributed by atoms with Gasteiger partial charge in [-0.05, 0) is 43.5 Å². The fraction of sp³-hybridized carbons (Fsp3) is 0.417. The number of nitrogens with one attached hydrogen (secondary N) is 1. The molecule has 0 aliphatic heterocycles. The van der Waals surface area contributed by atoms with Gasteiger partial charge in [0.05, 0.1) is 11.9 Å². The number of amides is 2. The zero-order chi connectivity index (χ0) is 24.8. The van der Waals surface area contributed by atoms with Crippen LogP contribution in [-0.2, 0) is 26.2 Å². The highest BCUT2D eigenvalue weighted by Crippen LogP contribution is 2.22. The summed E-state index contributed by atoms with van der Waals surface area (Å²) in [6.45, 7) is 7.75. The van der Waals surface area contributed by atoms with Crippen molar-refractivity contribution >= 4 is 39.1 Å². The number of rotatable bonds is 10. The van der Waals surface area contributed by atoms with Crippen LogP contribution in [0.2, 0.25) is 5.02 Å². The molecule has 2 aromatic rings. The summed E-state index contributed by atoms with van der Waals surface area (Å²) in [7, 11) is -3.78. The van der Waals surface area contributed by atoms with Crippen molar-refractivity contribution in [3.8, 4) is 0 Å². The Labute approximate surface area is 201 Å². The van der Waals surface area contributed by atoms with Gasteiger partial charge in [-0.15, -0.1) is 0 Å². The standard InChI is InChI=1S/C24H32ClN3O4S/c1-17(2)14-26-24(30)19(4)27(15-20-9-6-8-18(3)12-20)23(29)16-28(33(5,31)32)22-11-7-10-21(25)13-22/h6-13,17,19H,14-16H2,1-5H3,(H,26,30)/t19-/m1/s1. The van der Waals surface area contributed by atoms with Crippen LogP contribution in [0.15, 0.2) is 48.5 Å². The van der Waals surface area contributed by atoms with Crippen LogP contribution >= 0.6 is 11.6 Å². The van der Waals surface area contributed by atoms with Crippen LogP contribution in [0.25, 0.3) is 0 Å². The SMILES string of the molecule is Cc1cccc(CN(C(=O)CN(c2cccc(Cl)c2)S(C)(=O)=O)[C@H](C)C(=O)NCC(C)C)c1. The van der Waals surface area contributed by atoms with E-state index in [1.807, 2.05) is 45.0 Å². The van der Waals surface area contributed by atoms with E-state index >= 15 is 0 Å². The van der Waals surface area contributed by atoms with Gasteiger partial charge < -0.3 is 10.2 Å². The van der Waals surface area contributed by atoms with Gasteiger partial charge >= 0.3 is 0 Å². The first-order valence-electron chi connectivity index (χ1n) is 10.7. The van der Waals surface area contributed by atoms with E-state index in [0.29, 0.717) is 11.6 Å². The summed E-state index contributed by atoms with van der Waals surface area (Å²) < 4.78 is 26.0. The molecular formula is C24H32ClN3O4S. The van der Waals surface area contributed by atoms with Gasteiger partial charge in [0.2, 0.25) is 21.8 Å². The summed E-state index contributed by atoms with van der Waals surface area (Å²) in [6.07, 6.45) is 1.03. The molecule has 9 heteroatoms. The molecule has 0 bridgehead atoms. The molecular weight excluding hydrogens is 462 g/mol. The van der Waals surface area contributed by atoms with E-state index < -0.39 is 28.5 Å². The van der Waals surface area contributed by atoms with Gasteiger partial charge in [0.15, 0.2) is 0 Å². The van der Waals surface area contributed by atoms with Gasteiger partial charge in [0.1, 0.15) is 12.6 Å². The number of carbonyl (C=O) groups is 2. The molecule has 0 aromatic heterocycles. The highest BCUT2D eigenvalue weighted by Gasteiger charge is 2.30. The second-order valence-electron chi connectivity index (χ2n) is 8.58. The lowest BCUT2D eigenvalue weighted by atomic mass is 10.1. The highest BCUT2D eigenvalue weighted by atomic mass is 35.5. The number of nitrogens with zero attached hydrogens (tertiary/aromatic N) is 2. The van der Waals surface area contributed by atoms with Crippen LogP contribution in [0, 0.1) is 12.8 Å². The Morgan fingerprint density at radius 3 is 2.30 bits per heavy atom. The maximum absolute atomic E-state index is 13.4. The van der Waals surface area contributed by atoms with Crippen molar-refractivity contribution in [3.63, 3.8) is 0 Å². The van der Waals surface area contributed by atoms with Crippen molar-refractivity contribution in [2.45, 2.75) is 40.3 Å². The number of halogens is 1. The smallest absolute Gasteiger partial charge is 0.244 e. The Balaban J connectivity index is 2.36. The first-order chi connectivity index (χ1) is 15.4. The third-order valence-electron chi connectivity index (χ3n) is 5.06. The predicted molar refractivity (Wildman–Crippen MR) is 133 cm³/mol. The van der Waals surface area contributed by atoms with E-state index in [0.717, 1.165) is 21.7 Å². The molecule has 0 saturated carbocycles. The first-order valence-corrected chi connectivity index (χ1v) is 13.0. The van der Waals surface area contributed by atoms with Crippen molar-refractivity contribution in [2.75, 3.05) is 23.7 Å². The Morgan fingerprint density at radius 1 is 1.06 bits per heavy atom. The minimum atomic E-state index is -3.78. The van der Waals surface area contributed by atoms with Crippen molar-refractivity contribution < 1.29 is 18.0 Å². The minimum Gasteiger partial charge on any atom is -0.354 e. The normalized spacial score (nSPS) is 12.3. The average Bonchev–Trinajstić information content (AvgIpc) is 2.72. The topological polar surface area (TPSA) is 86.8 Å². The molecule has 7 nitrogen and oxygen atoms in total. The lowest BCUT2D eigenvalue weighted by Crippen LogP contribution is -2.51. The molecule has 2 amide bonds. The quantitative estimate of drug-likeness (QED) is 0.547. The molecule has 0 unspecified atom stereocenters.